The van der Waals surface area contributed by atoms with Gasteiger partial charge in [0.25, 0.3) is 11.8 Å². The van der Waals surface area contributed by atoms with Gasteiger partial charge in [-0.3, -0.25) is 9.59 Å². The van der Waals surface area contributed by atoms with Crippen LogP contribution in [0.25, 0.3) is 16.3 Å². The molecule has 2 N–H and O–H groups in total. The van der Waals surface area contributed by atoms with Crippen LogP contribution in [-0.2, 0) is 15.8 Å². The topological polar surface area (TPSA) is 85.5 Å². The van der Waals surface area contributed by atoms with Gasteiger partial charge in [0.15, 0.2) is 0 Å². The van der Waals surface area contributed by atoms with E-state index in [0.717, 1.165) is 22.7 Å². The molecule has 0 spiro atoms. The monoisotopic (exact) mass is 503 g/mol. The SMILES string of the molecule is CCOc1ccc(N2C(=O)C3=C(N)c4c(C(F)(F)F)cc(-c5cccs5)nc4SC3C2=O)cc1. The maximum absolute atomic E-state index is 14.0. The molecular formula is C23H16F3N3O3S2. The Hall–Kier alpha value is -3.31. The second-order valence-electron chi connectivity index (χ2n) is 7.44. The molecule has 1 fully saturated rings. The second kappa shape index (κ2) is 8.17. The maximum atomic E-state index is 14.0. The number of amides is 2. The molecule has 2 aliphatic heterocycles. The molecule has 6 nitrogen and oxygen atoms in total. The third-order valence-electron chi connectivity index (χ3n) is 5.40. The van der Waals surface area contributed by atoms with Gasteiger partial charge >= 0.3 is 6.18 Å². The van der Waals surface area contributed by atoms with Crippen molar-refractivity contribution in [3.63, 3.8) is 0 Å². The summed E-state index contributed by atoms with van der Waals surface area (Å²) in [7, 11) is 0. The molecule has 0 bridgehead atoms. The molecule has 1 saturated heterocycles. The molecule has 1 aromatic carbocycles. The number of alkyl halides is 3. The number of rotatable bonds is 4. The van der Waals surface area contributed by atoms with Crippen LogP contribution >= 0.6 is 23.1 Å². The lowest BCUT2D eigenvalue weighted by Gasteiger charge is -2.24. The molecule has 2 aromatic heterocycles. The fourth-order valence-corrected chi connectivity index (χ4v) is 5.88. The van der Waals surface area contributed by atoms with Crippen LogP contribution in [0.3, 0.4) is 0 Å². The zero-order chi connectivity index (χ0) is 24.2. The van der Waals surface area contributed by atoms with E-state index in [0.29, 0.717) is 17.2 Å². The average Bonchev–Trinajstić information content (AvgIpc) is 3.41. The van der Waals surface area contributed by atoms with E-state index in [4.69, 9.17) is 10.5 Å². The number of nitrogens with zero attached hydrogens (tertiary/aromatic N) is 2. The lowest BCUT2D eigenvalue weighted by molar-refractivity contribution is -0.138. The van der Waals surface area contributed by atoms with Gasteiger partial charge in [-0.05, 0) is 48.7 Å². The van der Waals surface area contributed by atoms with Crippen molar-refractivity contribution in [1.82, 2.24) is 4.98 Å². The minimum Gasteiger partial charge on any atom is -0.494 e. The normalized spacial score (nSPS) is 17.8. The Kier molecular flexibility index (Phi) is 5.40. The van der Waals surface area contributed by atoms with E-state index in [1.165, 1.54) is 11.3 Å². The molecule has 4 heterocycles. The Bertz CT molecular complexity index is 1340. The summed E-state index contributed by atoms with van der Waals surface area (Å²) in [4.78, 5) is 32.3. The molecule has 1 atom stereocenters. The van der Waals surface area contributed by atoms with Gasteiger partial charge in [0, 0.05) is 5.56 Å². The number of anilines is 1. The fraction of sp³-hybridized carbons (Fsp3) is 0.174. The number of thioether (sulfide) groups is 1. The molecule has 174 valence electrons. The number of imide groups is 1. The quantitative estimate of drug-likeness (QED) is 0.508. The summed E-state index contributed by atoms with van der Waals surface area (Å²) in [5, 5.41) is 0.620. The van der Waals surface area contributed by atoms with E-state index < -0.39 is 28.8 Å². The van der Waals surface area contributed by atoms with E-state index in [9.17, 15) is 22.8 Å². The standard InChI is InChI=1S/C23H16F3N3O3S2/c1-2-32-12-7-5-11(6-8-12)29-21(30)17-18(27)16-13(23(24,25)26)10-14(15-4-3-9-33-15)28-20(16)34-19(17)22(29)31/h3-10,19H,2,27H2,1H3. The highest BCUT2D eigenvalue weighted by Crippen LogP contribution is 2.49. The number of pyridine rings is 1. The fourth-order valence-electron chi connectivity index (χ4n) is 3.93. The lowest BCUT2D eigenvalue weighted by atomic mass is 10.00. The van der Waals surface area contributed by atoms with E-state index in [1.54, 1.807) is 41.8 Å². The lowest BCUT2D eigenvalue weighted by Crippen LogP contribution is -2.31. The molecule has 2 aliphatic rings. The third-order valence-corrected chi connectivity index (χ3v) is 7.48. The predicted molar refractivity (Wildman–Crippen MR) is 123 cm³/mol. The smallest absolute Gasteiger partial charge is 0.417 e. The first-order valence-electron chi connectivity index (χ1n) is 10.1. The first-order valence-corrected chi connectivity index (χ1v) is 11.9. The summed E-state index contributed by atoms with van der Waals surface area (Å²) in [5.74, 6) is -0.770. The first-order chi connectivity index (χ1) is 16.2. The maximum Gasteiger partial charge on any atom is 0.417 e. The number of hydrogen-bond donors (Lipinski definition) is 1. The summed E-state index contributed by atoms with van der Waals surface area (Å²) in [6.45, 7) is 2.27. The van der Waals surface area contributed by atoms with Crippen LogP contribution in [0.15, 0.2) is 58.4 Å². The van der Waals surface area contributed by atoms with Crippen LogP contribution in [0.5, 0.6) is 5.75 Å². The Morgan fingerprint density at radius 3 is 2.53 bits per heavy atom. The zero-order valence-electron chi connectivity index (χ0n) is 17.6. The van der Waals surface area contributed by atoms with Crippen LogP contribution in [0, 0.1) is 0 Å². The van der Waals surface area contributed by atoms with Crippen molar-refractivity contribution >= 4 is 46.3 Å². The van der Waals surface area contributed by atoms with Crippen molar-refractivity contribution < 1.29 is 27.5 Å². The second-order valence-corrected chi connectivity index (χ2v) is 9.48. The number of carbonyl (C=O) groups is 2. The zero-order valence-corrected chi connectivity index (χ0v) is 19.2. The predicted octanol–water partition coefficient (Wildman–Crippen LogP) is 4.95. The molecule has 3 aromatic rings. The van der Waals surface area contributed by atoms with Crippen LogP contribution in [0.4, 0.5) is 18.9 Å². The van der Waals surface area contributed by atoms with Crippen molar-refractivity contribution in [1.29, 1.82) is 0 Å². The number of halogens is 3. The van der Waals surface area contributed by atoms with Crippen LogP contribution in [-0.4, -0.2) is 28.7 Å². The summed E-state index contributed by atoms with van der Waals surface area (Å²) in [5.41, 5.74) is 4.69. The minimum atomic E-state index is -4.74. The largest absolute Gasteiger partial charge is 0.494 e. The van der Waals surface area contributed by atoms with Crippen molar-refractivity contribution in [2.24, 2.45) is 5.73 Å². The van der Waals surface area contributed by atoms with Crippen molar-refractivity contribution in [2.75, 3.05) is 11.5 Å². The molecular weight excluding hydrogens is 487 g/mol. The minimum absolute atomic E-state index is 0.0285. The van der Waals surface area contributed by atoms with Crippen molar-refractivity contribution in [3.8, 4) is 16.3 Å². The Balaban J connectivity index is 1.62. The summed E-state index contributed by atoms with van der Waals surface area (Å²) in [6, 6.07) is 10.6. The third kappa shape index (κ3) is 3.55. The number of benzene rings is 1. The molecule has 5 rings (SSSR count). The van der Waals surface area contributed by atoms with Crippen LogP contribution in [0.1, 0.15) is 18.1 Å². The van der Waals surface area contributed by atoms with Gasteiger partial charge in [-0.1, -0.05) is 17.8 Å². The molecule has 0 aliphatic carbocycles. The molecule has 34 heavy (non-hydrogen) atoms. The van der Waals surface area contributed by atoms with Gasteiger partial charge in [-0.15, -0.1) is 11.3 Å². The van der Waals surface area contributed by atoms with Gasteiger partial charge in [0.2, 0.25) is 0 Å². The van der Waals surface area contributed by atoms with E-state index >= 15 is 0 Å². The van der Waals surface area contributed by atoms with Gasteiger partial charge < -0.3 is 10.5 Å². The van der Waals surface area contributed by atoms with E-state index in [2.05, 4.69) is 4.98 Å². The molecule has 1 unspecified atom stereocenters. The number of ether oxygens (including phenoxy) is 1. The van der Waals surface area contributed by atoms with Gasteiger partial charge in [0.05, 0.1) is 39.7 Å². The Morgan fingerprint density at radius 1 is 1.18 bits per heavy atom. The molecule has 2 amide bonds. The number of nitrogens with two attached hydrogens (primary N) is 1. The molecule has 0 saturated carbocycles. The highest BCUT2D eigenvalue weighted by Gasteiger charge is 2.51. The first kappa shape index (κ1) is 22.5. The highest BCUT2D eigenvalue weighted by molar-refractivity contribution is 8.01. The highest BCUT2D eigenvalue weighted by atomic mass is 32.2. The number of aromatic nitrogens is 1. The van der Waals surface area contributed by atoms with Crippen LogP contribution in [0.2, 0.25) is 0 Å². The van der Waals surface area contributed by atoms with Crippen molar-refractivity contribution in [3.05, 3.63) is 64.5 Å². The number of fused-ring (bicyclic) bond motifs is 2. The Morgan fingerprint density at radius 2 is 1.91 bits per heavy atom. The van der Waals surface area contributed by atoms with Gasteiger partial charge in [0.1, 0.15) is 16.0 Å². The summed E-state index contributed by atoms with van der Waals surface area (Å²) in [6.07, 6.45) is -4.74. The van der Waals surface area contributed by atoms with Crippen LogP contribution < -0.4 is 15.4 Å². The summed E-state index contributed by atoms with van der Waals surface area (Å²) >= 11 is 2.06. The molecule has 0 radical (unpaired) electrons. The number of hydrogen-bond acceptors (Lipinski definition) is 7. The number of thiophene rings is 1. The molecule has 11 heteroatoms. The van der Waals surface area contributed by atoms with Gasteiger partial charge in [-0.25, -0.2) is 9.88 Å². The summed E-state index contributed by atoms with van der Waals surface area (Å²) < 4.78 is 47.5. The van der Waals surface area contributed by atoms with Gasteiger partial charge in [-0.2, -0.15) is 13.2 Å². The van der Waals surface area contributed by atoms with E-state index in [1.807, 2.05) is 6.92 Å². The van der Waals surface area contributed by atoms with E-state index in [-0.39, 0.29) is 33.2 Å². The number of carbonyl (C=O) groups excluding carboxylic acids is 2. The Labute approximate surface area is 200 Å². The average molecular weight is 504 g/mol. The van der Waals surface area contributed by atoms with Crippen molar-refractivity contribution in [2.45, 2.75) is 23.4 Å².